The first-order valence-electron chi connectivity index (χ1n) is 5.76. The summed E-state index contributed by atoms with van der Waals surface area (Å²) in [6, 6.07) is 0.456. The summed E-state index contributed by atoms with van der Waals surface area (Å²) < 4.78 is 3.10. The van der Waals surface area contributed by atoms with E-state index < -0.39 is 0 Å². The summed E-state index contributed by atoms with van der Waals surface area (Å²) in [6.07, 6.45) is 2.05. The van der Waals surface area contributed by atoms with Gasteiger partial charge in [-0.3, -0.25) is 0 Å². The zero-order valence-corrected chi connectivity index (χ0v) is 12.5. The molecule has 0 aromatic carbocycles. The fourth-order valence-corrected chi connectivity index (χ4v) is 2.82. The van der Waals surface area contributed by atoms with Crippen molar-refractivity contribution in [2.45, 2.75) is 46.1 Å². The van der Waals surface area contributed by atoms with Crippen LogP contribution in [0.4, 0.5) is 0 Å². The van der Waals surface area contributed by atoms with Crippen molar-refractivity contribution in [1.29, 1.82) is 0 Å². The first-order chi connectivity index (χ1) is 7.38. The minimum absolute atomic E-state index is 0.138. The summed E-state index contributed by atoms with van der Waals surface area (Å²) in [6.45, 7) is 11.1. The van der Waals surface area contributed by atoms with Crippen molar-refractivity contribution in [1.82, 2.24) is 9.55 Å². The molecule has 0 radical (unpaired) electrons. The van der Waals surface area contributed by atoms with Gasteiger partial charge >= 0.3 is 0 Å². The maximum absolute atomic E-state index is 5.37. The molecule has 0 spiro atoms. The van der Waals surface area contributed by atoms with E-state index >= 15 is 0 Å². The molecule has 0 bridgehead atoms. The van der Waals surface area contributed by atoms with Gasteiger partial charge in [-0.05, 0) is 24.9 Å². The van der Waals surface area contributed by atoms with Gasteiger partial charge in [0.1, 0.15) is 0 Å². The van der Waals surface area contributed by atoms with E-state index in [4.69, 9.17) is 12.2 Å². The Labute approximate surface area is 108 Å². The second-order valence-electron chi connectivity index (χ2n) is 5.11. The highest BCUT2D eigenvalue weighted by Gasteiger charge is 2.21. The minimum Gasteiger partial charge on any atom is -0.337 e. The molecule has 1 N–H and O–H groups in total. The van der Waals surface area contributed by atoms with Crippen molar-refractivity contribution in [3.8, 4) is 0 Å². The van der Waals surface area contributed by atoms with Crippen LogP contribution in [0.5, 0.6) is 0 Å². The molecule has 0 saturated heterocycles. The van der Waals surface area contributed by atoms with E-state index in [0.29, 0.717) is 6.04 Å². The fraction of sp³-hybridized carbons (Fsp3) is 0.750. The molecule has 1 unspecified atom stereocenters. The highest BCUT2D eigenvalue weighted by molar-refractivity contribution is 7.99. The number of hydrogen-bond acceptors (Lipinski definition) is 2. The summed E-state index contributed by atoms with van der Waals surface area (Å²) >= 11 is 7.33. The van der Waals surface area contributed by atoms with Crippen LogP contribution in [0, 0.1) is 4.77 Å². The van der Waals surface area contributed by atoms with Crippen molar-refractivity contribution in [3.05, 3.63) is 16.7 Å². The van der Waals surface area contributed by atoms with Gasteiger partial charge in [0.15, 0.2) is 4.77 Å². The number of hydrogen-bond donors (Lipinski definition) is 1. The average molecular weight is 258 g/mol. The van der Waals surface area contributed by atoms with Crippen molar-refractivity contribution < 1.29 is 0 Å². The van der Waals surface area contributed by atoms with Crippen LogP contribution in [0.15, 0.2) is 6.20 Å². The molecule has 2 nitrogen and oxygen atoms in total. The minimum atomic E-state index is 0.138. The third kappa shape index (κ3) is 3.14. The highest BCUT2D eigenvalue weighted by Crippen LogP contribution is 2.26. The second kappa shape index (κ2) is 5.41. The summed E-state index contributed by atoms with van der Waals surface area (Å²) in [4.78, 5) is 3.17. The lowest BCUT2D eigenvalue weighted by atomic mass is 9.92. The molecule has 92 valence electrons. The first-order valence-corrected chi connectivity index (χ1v) is 7.32. The van der Waals surface area contributed by atoms with E-state index in [2.05, 4.69) is 50.4 Å². The zero-order valence-electron chi connectivity index (χ0n) is 10.8. The van der Waals surface area contributed by atoms with Gasteiger partial charge in [0.2, 0.25) is 0 Å². The summed E-state index contributed by atoms with van der Waals surface area (Å²) in [5, 5.41) is 0. The molecule has 1 aromatic heterocycles. The second-order valence-corrected chi connectivity index (χ2v) is 6.81. The van der Waals surface area contributed by atoms with Crippen LogP contribution in [0.1, 0.15) is 46.4 Å². The van der Waals surface area contributed by atoms with Gasteiger partial charge in [0, 0.05) is 29.1 Å². The molecule has 0 aliphatic carbocycles. The van der Waals surface area contributed by atoms with Gasteiger partial charge < -0.3 is 9.55 Å². The maximum atomic E-state index is 5.37. The monoisotopic (exact) mass is 258 g/mol. The van der Waals surface area contributed by atoms with Crippen molar-refractivity contribution in [3.63, 3.8) is 0 Å². The zero-order chi connectivity index (χ0) is 12.3. The van der Waals surface area contributed by atoms with Gasteiger partial charge in [-0.25, -0.2) is 0 Å². The van der Waals surface area contributed by atoms with Crippen molar-refractivity contribution in [2.75, 3.05) is 11.5 Å². The third-order valence-electron chi connectivity index (χ3n) is 2.58. The lowest BCUT2D eigenvalue weighted by molar-refractivity contribution is 0.484. The number of H-pyrrole nitrogens is 1. The van der Waals surface area contributed by atoms with E-state index in [0.717, 1.165) is 16.3 Å². The predicted molar refractivity (Wildman–Crippen MR) is 76.0 cm³/mol. The van der Waals surface area contributed by atoms with Crippen LogP contribution in [-0.4, -0.2) is 21.1 Å². The van der Waals surface area contributed by atoms with E-state index in [1.807, 2.05) is 11.8 Å². The van der Waals surface area contributed by atoms with Gasteiger partial charge in [0.05, 0.1) is 0 Å². The van der Waals surface area contributed by atoms with Crippen LogP contribution in [-0.2, 0) is 5.41 Å². The van der Waals surface area contributed by atoms with Crippen molar-refractivity contribution >= 4 is 24.0 Å². The Bertz CT molecular complexity index is 384. The summed E-state index contributed by atoms with van der Waals surface area (Å²) in [5.74, 6) is 2.28. The van der Waals surface area contributed by atoms with Crippen LogP contribution >= 0.6 is 24.0 Å². The number of rotatable bonds is 4. The van der Waals surface area contributed by atoms with E-state index in [1.165, 1.54) is 5.69 Å². The first kappa shape index (κ1) is 13.8. The largest absolute Gasteiger partial charge is 0.337 e. The van der Waals surface area contributed by atoms with Gasteiger partial charge in [-0.1, -0.05) is 27.7 Å². The van der Waals surface area contributed by atoms with E-state index in [9.17, 15) is 0 Å². The lowest BCUT2D eigenvalue weighted by Gasteiger charge is -2.24. The Kier molecular flexibility index (Phi) is 4.68. The quantitative estimate of drug-likeness (QED) is 0.819. The fourth-order valence-electron chi connectivity index (χ4n) is 1.76. The molecule has 0 fully saturated rings. The third-order valence-corrected chi connectivity index (χ3v) is 4.02. The molecule has 0 saturated carbocycles. The molecule has 4 heteroatoms. The molecule has 1 rings (SSSR count). The number of thioether (sulfide) groups is 1. The molecular weight excluding hydrogens is 236 g/mol. The number of aromatic amines is 1. The van der Waals surface area contributed by atoms with Crippen LogP contribution < -0.4 is 0 Å². The van der Waals surface area contributed by atoms with Crippen molar-refractivity contribution in [2.24, 2.45) is 0 Å². The summed E-state index contributed by atoms with van der Waals surface area (Å²) in [5.41, 5.74) is 1.43. The lowest BCUT2D eigenvalue weighted by Crippen LogP contribution is -2.21. The molecule has 16 heavy (non-hydrogen) atoms. The Morgan fingerprint density at radius 1 is 1.50 bits per heavy atom. The predicted octanol–water partition coefficient (Wildman–Crippen LogP) is 4.16. The normalized spacial score (nSPS) is 14.1. The Morgan fingerprint density at radius 2 is 2.12 bits per heavy atom. The molecule has 1 aromatic rings. The highest BCUT2D eigenvalue weighted by atomic mass is 32.2. The topological polar surface area (TPSA) is 20.7 Å². The SMILES string of the molecule is CCSCC(C)n1c(C(C)(C)C)c[nH]c1=S. The number of imidazole rings is 1. The molecule has 0 aliphatic rings. The molecule has 1 atom stereocenters. The Balaban J connectivity index is 3.02. The molecule has 0 amide bonds. The Hall–Kier alpha value is -0.220. The van der Waals surface area contributed by atoms with Crippen LogP contribution in [0.3, 0.4) is 0 Å². The molecule has 1 heterocycles. The molecular formula is C12H22N2S2. The molecule has 0 aliphatic heterocycles. The number of nitrogens with zero attached hydrogens (tertiary/aromatic N) is 1. The number of nitrogens with one attached hydrogen (secondary N) is 1. The average Bonchev–Trinajstić information content (AvgIpc) is 2.56. The standard InChI is InChI=1S/C12H22N2S2/c1-6-16-8-9(2)14-10(12(3,4)5)7-13-11(14)15/h7,9H,6,8H2,1-5H3,(H,13,15). The van der Waals surface area contributed by atoms with Gasteiger partial charge in [0.25, 0.3) is 0 Å². The van der Waals surface area contributed by atoms with Gasteiger partial charge in [-0.15, -0.1) is 0 Å². The Morgan fingerprint density at radius 3 is 2.62 bits per heavy atom. The summed E-state index contributed by atoms with van der Waals surface area (Å²) in [7, 11) is 0. The van der Waals surface area contributed by atoms with Gasteiger partial charge in [-0.2, -0.15) is 11.8 Å². The smallest absolute Gasteiger partial charge is 0.177 e. The van der Waals surface area contributed by atoms with E-state index in [-0.39, 0.29) is 5.41 Å². The maximum Gasteiger partial charge on any atom is 0.177 e. The number of aromatic nitrogens is 2. The van der Waals surface area contributed by atoms with E-state index in [1.54, 1.807) is 0 Å². The van der Waals surface area contributed by atoms with Crippen LogP contribution in [0.25, 0.3) is 0 Å². The van der Waals surface area contributed by atoms with Crippen LogP contribution in [0.2, 0.25) is 0 Å².